The van der Waals surface area contributed by atoms with Crippen molar-refractivity contribution in [3.05, 3.63) is 65.0 Å². The Hall–Kier alpha value is -2.86. The first-order valence-electron chi connectivity index (χ1n) is 9.26. The maximum Gasteiger partial charge on any atom is 0.339 e. The lowest BCUT2D eigenvalue weighted by molar-refractivity contribution is -0.907. The Labute approximate surface area is 166 Å². The van der Waals surface area contributed by atoms with Crippen LogP contribution < -0.4 is 9.64 Å². The van der Waals surface area contributed by atoms with Crippen molar-refractivity contribution in [1.29, 1.82) is 0 Å². The summed E-state index contributed by atoms with van der Waals surface area (Å²) < 4.78 is 10.3. The topological polar surface area (TPSA) is 72.8 Å². The minimum Gasteiger partial charge on any atom is -0.490 e. The Balaban J connectivity index is 2.10. The van der Waals surface area contributed by atoms with E-state index in [-0.39, 0.29) is 11.8 Å². The van der Waals surface area contributed by atoms with Crippen LogP contribution in [0.5, 0.6) is 5.75 Å². The fourth-order valence-electron chi connectivity index (χ4n) is 3.18. The number of aromatic nitrogens is 1. The number of aryl methyl sites for hydroxylation is 1. The molecule has 6 nitrogen and oxygen atoms in total. The first-order valence-corrected chi connectivity index (χ1v) is 9.26. The zero-order valence-electron chi connectivity index (χ0n) is 17.2. The van der Waals surface area contributed by atoms with Crippen molar-refractivity contribution in [3.63, 3.8) is 0 Å². The number of Topliss-reactive ketones (excluding diaryl/α,β-unsaturated/α-hetero) is 1. The molecule has 2 atom stereocenters. The number of carbonyl (C=O) groups is 2. The van der Waals surface area contributed by atoms with Gasteiger partial charge in [-0.15, -0.1) is 0 Å². The highest BCUT2D eigenvalue weighted by Gasteiger charge is 2.29. The molecule has 2 rings (SSSR count). The summed E-state index contributed by atoms with van der Waals surface area (Å²) in [4.78, 5) is 29.1. The number of rotatable bonds is 9. The molecule has 0 aliphatic carbocycles. The summed E-state index contributed by atoms with van der Waals surface area (Å²) in [5, 5.41) is 0. The third kappa shape index (κ3) is 4.70. The Morgan fingerprint density at radius 3 is 2.46 bits per heavy atom. The third-order valence-corrected chi connectivity index (χ3v) is 4.98. The van der Waals surface area contributed by atoms with Crippen LogP contribution in [-0.2, 0) is 11.3 Å². The quantitative estimate of drug-likeness (QED) is 0.395. The summed E-state index contributed by atoms with van der Waals surface area (Å²) in [6, 6.07) is 7.55. The number of ether oxygens (including phenoxy) is 2. The molecule has 0 saturated carbocycles. The van der Waals surface area contributed by atoms with Crippen LogP contribution in [0.25, 0.3) is 0 Å². The minimum atomic E-state index is -0.433. The minimum absolute atomic E-state index is 0.0285. The largest absolute Gasteiger partial charge is 0.490 e. The van der Waals surface area contributed by atoms with E-state index in [1.165, 1.54) is 7.11 Å². The van der Waals surface area contributed by atoms with E-state index in [1.54, 1.807) is 19.9 Å². The second kappa shape index (κ2) is 9.37. The predicted molar refractivity (Wildman–Crippen MR) is 108 cm³/mol. The van der Waals surface area contributed by atoms with E-state index < -0.39 is 5.97 Å². The van der Waals surface area contributed by atoms with E-state index >= 15 is 0 Å². The molecule has 0 radical (unpaired) electrons. The second-order valence-corrected chi connectivity index (χ2v) is 6.97. The summed E-state index contributed by atoms with van der Waals surface area (Å²) >= 11 is 0. The van der Waals surface area contributed by atoms with Crippen molar-refractivity contribution in [1.82, 2.24) is 4.98 Å². The number of hydrogen-bond donors (Lipinski definition) is 2. The summed E-state index contributed by atoms with van der Waals surface area (Å²) in [5.41, 5.74) is 3.30. The maximum atomic E-state index is 13.0. The monoisotopic (exact) mass is 385 g/mol. The van der Waals surface area contributed by atoms with Gasteiger partial charge in [0.15, 0.2) is 6.04 Å². The number of methoxy groups -OCH3 is 1. The van der Waals surface area contributed by atoms with E-state index in [9.17, 15) is 9.59 Å². The fourth-order valence-corrected chi connectivity index (χ4v) is 3.18. The maximum absolute atomic E-state index is 13.0. The van der Waals surface area contributed by atoms with Gasteiger partial charge in [0, 0.05) is 11.3 Å². The number of H-pyrrole nitrogens is 1. The normalized spacial score (nSPS) is 12.9. The highest BCUT2D eigenvalue weighted by atomic mass is 16.5. The van der Waals surface area contributed by atoms with Crippen LogP contribution >= 0.6 is 0 Å². The average Bonchev–Trinajstić information content (AvgIpc) is 2.99. The number of nitrogens with one attached hydrogen (secondary N) is 2. The van der Waals surface area contributed by atoms with Crippen LogP contribution in [-0.4, -0.2) is 43.5 Å². The van der Waals surface area contributed by atoms with Gasteiger partial charge in [0.2, 0.25) is 5.78 Å². The Morgan fingerprint density at radius 2 is 1.89 bits per heavy atom. The standard InChI is InChI=1S/C22H28N2O4/c1-7-12-28-18-10-8-17(9-11-18)13-24(5)16(4)21(25)20-14(2)19(15(3)23-20)22(26)27-6/h7-11,16,23H,1,12-13H2,2-6H3/p+1/t16-/m1/s1. The van der Waals surface area contributed by atoms with E-state index in [2.05, 4.69) is 11.6 Å². The summed E-state index contributed by atoms with van der Waals surface area (Å²) in [5.74, 6) is 0.329. The SMILES string of the molecule is C=CCOc1ccc(C[NH+](C)[C@H](C)C(=O)c2[nH]c(C)c(C(=O)OC)c2C)cc1. The molecule has 2 N–H and O–H groups in total. The van der Waals surface area contributed by atoms with Crippen molar-refractivity contribution < 1.29 is 24.0 Å². The molecule has 0 bridgehead atoms. The molecule has 0 saturated heterocycles. The van der Waals surface area contributed by atoms with Crippen molar-refractivity contribution in [2.75, 3.05) is 20.8 Å². The number of hydrogen-bond acceptors (Lipinski definition) is 4. The van der Waals surface area contributed by atoms with Gasteiger partial charge in [-0.2, -0.15) is 0 Å². The number of carbonyl (C=O) groups excluding carboxylic acids is 2. The van der Waals surface area contributed by atoms with Gasteiger partial charge in [0.1, 0.15) is 18.9 Å². The molecule has 6 heteroatoms. The first kappa shape index (κ1) is 21.4. The van der Waals surface area contributed by atoms with Gasteiger partial charge in [-0.05, 0) is 50.6 Å². The molecule has 1 heterocycles. The molecule has 1 unspecified atom stereocenters. The number of benzene rings is 1. The molecular formula is C22H29N2O4+. The van der Waals surface area contributed by atoms with Crippen molar-refractivity contribution >= 4 is 11.8 Å². The fraction of sp³-hybridized carbons (Fsp3) is 0.364. The first-order chi connectivity index (χ1) is 13.3. The van der Waals surface area contributed by atoms with Gasteiger partial charge in [-0.1, -0.05) is 12.7 Å². The van der Waals surface area contributed by atoms with Crippen LogP contribution in [0, 0.1) is 13.8 Å². The zero-order valence-corrected chi connectivity index (χ0v) is 17.2. The smallest absolute Gasteiger partial charge is 0.339 e. The van der Waals surface area contributed by atoms with Crippen LogP contribution in [0.2, 0.25) is 0 Å². The van der Waals surface area contributed by atoms with Crippen molar-refractivity contribution in [2.24, 2.45) is 0 Å². The molecule has 0 fully saturated rings. The second-order valence-electron chi connectivity index (χ2n) is 6.97. The third-order valence-electron chi connectivity index (χ3n) is 4.98. The molecule has 0 amide bonds. The van der Waals surface area contributed by atoms with Gasteiger partial charge >= 0.3 is 5.97 Å². The Kier molecular flexibility index (Phi) is 7.18. The van der Waals surface area contributed by atoms with Crippen LogP contribution in [0.4, 0.5) is 0 Å². The van der Waals surface area contributed by atoms with Gasteiger partial charge in [-0.25, -0.2) is 4.79 Å². The number of aromatic amines is 1. The molecule has 0 spiro atoms. The molecule has 1 aromatic carbocycles. The highest BCUT2D eigenvalue weighted by Crippen LogP contribution is 2.20. The van der Waals surface area contributed by atoms with Gasteiger partial charge < -0.3 is 19.4 Å². The zero-order chi connectivity index (χ0) is 20.8. The average molecular weight is 385 g/mol. The van der Waals surface area contributed by atoms with E-state index in [0.29, 0.717) is 35.7 Å². The Bertz CT molecular complexity index is 852. The molecular weight excluding hydrogens is 356 g/mol. The number of ketones is 1. The van der Waals surface area contributed by atoms with Crippen molar-refractivity contribution in [2.45, 2.75) is 33.4 Å². The molecule has 2 aromatic rings. The van der Waals surface area contributed by atoms with Crippen LogP contribution in [0.3, 0.4) is 0 Å². The van der Waals surface area contributed by atoms with Gasteiger partial charge in [0.25, 0.3) is 0 Å². The number of quaternary nitrogens is 1. The highest BCUT2D eigenvalue weighted by molar-refractivity contribution is 6.03. The van der Waals surface area contributed by atoms with Crippen molar-refractivity contribution in [3.8, 4) is 5.75 Å². The molecule has 0 aliphatic heterocycles. The molecule has 150 valence electrons. The number of likely N-dealkylation sites (N-methyl/N-ethyl adjacent to an activating group) is 1. The van der Waals surface area contributed by atoms with E-state index in [1.807, 2.05) is 38.2 Å². The Morgan fingerprint density at radius 1 is 1.25 bits per heavy atom. The van der Waals surface area contributed by atoms with E-state index in [4.69, 9.17) is 9.47 Å². The molecule has 0 aliphatic rings. The predicted octanol–water partition coefficient (Wildman–Crippen LogP) is 2.27. The molecule has 1 aromatic heterocycles. The summed E-state index contributed by atoms with van der Waals surface area (Å²) in [7, 11) is 3.32. The summed E-state index contributed by atoms with van der Waals surface area (Å²) in [6.45, 7) is 10.2. The van der Waals surface area contributed by atoms with Crippen LogP contribution in [0.1, 0.15) is 44.6 Å². The lowest BCUT2D eigenvalue weighted by Crippen LogP contribution is -3.12. The van der Waals surface area contributed by atoms with Gasteiger partial charge in [0.05, 0.1) is 25.4 Å². The number of esters is 1. The lowest BCUT2D eigenvalue weighted by Gasteiger charge is -2.21. The van der Waals surface area contributed by atoms with E-state index in [0.717, 1.165) is 16.2 Å². The van der Waals surface area contributed by atoms with Crippen LogP contribution in [0.15, 0.2) is 36.9 Å². The lowest BCUT2D eigenvalue weighted by atomic mass is 10.0. The summed E-state index contributed by atoms with van der Waals surface area (Å²) in [6.07, 6.45) is 1.70. The molecule has 28 heavy (non-hydrogen) atoms. The van der Waals surface area contributed by atoms with Gasteiger partial charge in [-0.3, -0.25) is 4.79 Å².